The average Bonchev–Trinajstić information content (AvgIpc) is 3.52. The highest BCUT2D eigenvalue weighted by atomic mass is 19.4. The number of carbonyl (C=O) groups is 4. The number of hydrogen-bond acceptors (Lipinski definition) is 8. The van der Waals surface area contributed by atoms with Gasteiger partial charge in [0.15, 0.2) is 0 Å². The quantitative estimate of drug-likeness (QED) is 0.258. The Morgan fingerprint density at radius 2 is 1.47 bits per heavy atom. The second-order valence-corrected chi connectivity index (χ2v) is 9.44. The number of aromatic nitrogens is 3. The first-order chi connectivity index (χ1) is 20.1. The normalized spacial score (nSPS) is 17.9. The molecule has 0 bridgehead atoms. The maximum absolute atomic E-state index is 12.9. The Bertz CT molecular complexity index is 1500. The van der Waals surface area contributed by atoms with Crippen LogP contribution in [0.2, 0.25) is 0 Å². The summed E-state index contributed by atoms with van der Waals surface area (Å²) in [5.41, 5.74) is 1.13. The van der Waals surface area contributed by atoms with Crippen LogP contribution in [0.5, 0.6) is 0 Å². The number of carboxylic acid groups (broad SMARTS) is 4. The van der Waals surface area contributed by atoms with Gasteiger partial charge in [-0.1, -0.05) is 6.07 Å². The van der Waals surface area contributed by atoms with E-state index in [0.717, 1.165) is 37.1 Å². The minimum atomic E-state index is -4.39. The maximum atomic E-state index is 12.9. The lowest BCUT2D eigenvalue weighted by Gasteiger charge is -2.40. The predicted molar refractivity (Wildman–Crippen MR) is 145 cm³/mol. The van der Waals surface area contributed by atoms with Crippen LogP contribution in [0.1, 0.15) is 5.69 Å². The number of halogens is 3. The molecule has 4 heterocycles. The zero-order chi connectivity index (χ0) is 31.9. The molecular weight excluding hydrogens is 579 g/mol. The van der Waals surface area contributed by atoms with Crippen molar-refractivity contribution in [3.8, 4) is 11.3 Å². The van der Waals surface area contributed by atoms with Crippen LogP contribution < -0.4 is 4.90 Å². The molecule has 228 valence electrons. The van der Waals surface area contributed by atoms with E-state index in [9.17, 15) is 32.3 Å². The standard InChI is InChI=1S/C19H18F3N5.2C4H4O4/c1-26-8-13-9-27(10-16(13)26)18-7-23-6-15(25-18)11-2-3-14-12(4-11)5-17(24-14)19(20,21)22;2*5-3(6)1-2-4(7)8/h2-7,13,16,24H,8-10H2,1H3;2*1-2H,(H,5,6)(H,7,8)/b;2*2-1+/t13-,16+;;/m0../s1. The van der Waals surface area contributed by atoms with Gasteiger partial charge in [0.05, 0.1) is 18.1 Å². The topological polar surface area (TPSA) is 197 Å². The number of hydrogen-bond donors (Lipinski definition) is 5. The first kappa shape index (κ1) is 32.3. The number of likely N-dealkylation sites (N-methyl/N-ethyl adjacent to an activating group) is 1. The zero-order valence-corrected chi connectivity index (χ0v) is 22.4. The van der Waals surface area contributed by atoms with Gasteiger partial charge in [0.1, 0.15) is 11.5 Å². The van der Waals surface area contributed by atoms with E-state index >= 15 is 0 Å². The number of aromatic amines is 1. The minimum absolute atomic E-state index is 0.453. The van der Waals surface area contributed by atoms with Crippen LogP contribution in [0.25, 0.3) is 22.2 Å². The number of rotatable bonds is 6. The minimum Gasteiger partial charge on any atom is -0.478 e. The molecule has 5 rings (SSSR count). The highest BCUT2D eigenvalue weighted by Gasteiger charge is 2.43. The summed E-state index contributed by atoms with van der Waals surface area (Å²) >= 11 is 0. The lowest BCUT2D eigenvalue weighted by molar-refractivity contribution is -0.140. The van der Waals surface area contributed by atoms with Crippen molar-refractivity contribution in [2.45, 2.75) is 12.2 Å². The summed E-state index contributed by atoms with van der Waals surface area (Å²) in [5, 5.41) is 31.8. The number of alkyl halides is 3. The number of carboxylic acids is 4. The fraction of sp³-hybridized carbons (Fsp3) is 0.259. The Hall–Kier alpha value is -5.25. The monoisotopic (exact) mass is 605 g/mol. The summed E-state index contributed by atoms with van der Waals surface area (Å²) in [6.45, 7) is 3.02. The lowest BCUT2D eigenvalue weighted by Crippen LogP contribution is -2.52. The van der Waals surface area contributed by atoms with E-state index in [0.29, 0.717) is 52.9 Å². The zero-order valence-electron chi connectivity index (χ0n) is 22.4. The van der Waals surface area contributed by atoms with Crippen LogP contribution in [-0.2, 0) is 25.4 Å². The molecule has 2 aromatic heterocycles. The first-order valence-corrected chi connectivity index (χ1v) is 12.4. The molecule has 2 aliphatic heterocycles. The SMILES string of the molecule is CN1C[C@H]2CN(c3cncc(-c4ccc5[nH]c(C(F)(F)F)cc5c4)n3)C[C@H]21.O=C(O)/C=C/C(=O)O.O=C(O)/C=C/C(=O)O. The first-order valence-electron chi connectivity index (χ1n) is 12.4. The van der Waals surface area contributed by atoms with Crippen LogP contribution in [0.15, 0.2) is 61.0 Å². The molecule has 1 aromatic carbocycles. The van der Waals surface area contributed by atoms with E-state index in [2.05, 4.69) is 26.8 Å². The van der Waals surface area contributed by atoms with E-state index in [-0.39, 0.29) is 0 Å². The van der Waals surface area contributed by atoms with Gasteiger partial charge in [0.2, 0.25) is 0 Å². The Kier molecular flexibility index (Phi) is 10.2. The van der Waals surface area contributed by atoms with Gasteiger partial charge in [-0.3, -0.25) is 4.98 Å². The van der Waals surface area contributed by atoms with Gasteiger partial charge >= 0.3 is 30.1 Å². The molecule has 0 spiro atoms. The van der Waals surface area contributed by atoms with E-state index in [1.165, 1.54) is 0 Å². The summed E-state index contributed by atoms with van der Waals surface area (Å²) in [5.74, 6) is -3.53. The number of H-pyrrole nitrogens is 1. The van der Waals surface area contributed by atoms with Crippen molar-refractivity contribution < 1.29 is 52.8 Å². The molecule has 3 aromatic rings. The second-order valence-electron chi connectivity index (χ2n) is 9.44. The van der Waals surface area contributed by atoms with Crippen molar-refractivity contribution >= 4 is 40.6 Å². The largest absolute Gasteiger partial charge is 0.478 e. The van der Waals surface area contributed by atoms with Crippen molar-refractivity contribution in [3.63, 3.8) is 0 Å². The fourth-order valence-corrected chi connectivity index (χ4v) is 4.46. The van der Waals surface area contributed by atoms with Gasteiger partial charge < -0.3 is 35.2 Å². The summed E-state index contributed by atoms with van der Waals surface area (Å²) in [6, 6.07) is 6.85. The Balaban J connectivity index is 0.000000263. The summed E-state index contributed by atoms with van der Waals surface area (Å²) in [4.78, 5) is 54.3. The van der Waals surface area contributed by atoms with Gasteiger partial charge in [0.25, 0.3) is 0 Å². The van der Waals surface area contributed by atoms with E-state index in [1.807, 2.05) is 0 Å². The van der Waals surface area contributed by atoms with Crippen LogP contribution in [0.4, 0.5) is 19.0 Å². The molecule has 5 N–H and O–H groups in total. The smallest absolute Gasteiger partial charge is 0.431 e. The van der Waals surface area contributed by atoms with Crippen LogP contribution in [0.3, 0.4) is 0 Å². The molecule has 2 aliphatic rings. The molecule has 2 fully saturated rings. The van der Waals surface area contributed by atoms with E-state index in [1.54, 1.807) is 30.6 Å². The number of nitrogens with zero attached hydrogens (tertiary/aromatic N) is 4. The molecule has 0 unspecified atom stereocenters. The van der Waals surface area contributed by atoms with Crippen molar-refractivity contribution in [2.75, 3.05) is 31.6 Å². The molecular formula is C27H26F3N5O8. The summed E-state index contributed by atoms with van der Waals surface area (Å²) < 4.78 is 38.7. The summed E-state index contributed by atoms with van der Waals surface area (Å²) in [7, 11) is 2.13. The lowest BCUT2D eigenvalue weighted by atomic mass is 9.93. The Morgan fingerprint density at radius 1 is 0.884 bits per heavy atom. The molecule has 2 atom stereocenters. The fourth-order valence-electron chi connectivity index (χ4n) is 4.46. The van der Waals surface area contributed by atoms with Crippen molar-refractivity contribution in [1.29, 1.82) is 0 Å². The van der Waals surface area contributed by atoms with Crippen molar-refractivity contribution in [2.24, 2.45) is 5.92 Å². The van der Waals surface area contributed by atoms with Gasteiger partial charge in [-0.15, -0.1) is 0 Å². The van der Waals surface area contributed by atoms with E-state index < -0.39 is 35.7 Å². The number of anilines is 1. The van der Waals surface area contributed by atoms with Crippen LogP contribution >= 0.6 is 0 Å². The molecule has 16 heteroatoms. The second kappa shape index (κ2) is 13.6. The molecule has 0 radical (unpaired) electrons. The number of benzene rings is 1. The maximum Gasteiger partial charge on any atom is 0.431 e. The predicted octanol–water partition coefficient (Wildman–Crippen LogP) is 2.82. The van der Waals surface area contributed by atoms with Gasteiger partial charge in [0, 0.05) is 72.4 Å². The summed E-state index contributed by atoms with van der Waals surface area (Å²) in [6.07, 6.45) is 1.25. The molecule has 2 saturated heterocycles. The molecule has 13 nitrogen and oxygen atoms in total. The van der Waals surface area contributed by atoms with Gasteiger partial charge in [-0.2, -0.15) is 13.2 Å². The third-order valence-corrected chi connectivity index (χ3v) is 6.40. The number of aliphatic carboxylic acids is 4. The molecule has 43 heavy (non-hydrogen) atoms. The third kappa shape index (κ3) is 9.12. The highest BCUT2D eigenvalue weighted by Crippen LogP contribution is 2.35. The van der Waals surface area contributed by atoms with Crippen LogP contribution in [-0.4, -0.2) is 96.9 Å². The highest BCUT2D eigenvalue weighted by molar-refractivity contribution is 5.90. The van der Waals surface area contributed by atoms with Crippen molar-refractivity contribution in [1.82, 2.24) is 19.9 Å². The van der Waals surface area contributed by atoms with Crippen LogP contribution in [0, 0.1) is 5.92 Å². The van der Waals surface area contributed by atoms with Crippen molar-refractivity contribution in [3.05, 3.63) is 66.7 Å². The molecule has 0 amide bonds. The van der Waals surface area contributed by atoms with Gasteiger partial charge in [-0.25, -0.2) is 24.2 Å². The average molecular weight is 606 g/mol. The Morgan fingerprint density at radius 3 is 1.95 bits per heavy atom. The number of fused-ring (bicyclic) bond motifs is 2. The van der Waals surface area contributed by atoms with Gasteiger partial charge in [-0.05, 0) is 25.2 Å². The number of likely N-dealkylation sites (tertiary alicyclic amines) is 1. The third-order valence-electron chi connectivity index (χ3n) is 6.40. The number of nitrogens with one attached hydrogen (secondary N) is 1. The molecule has 0 aliphatic carbocycles. The van der Waals surface area contributed by atoms with E-state index in [4.69, 9.17) is 25.4 Å². The Labute approximate surface area is 241 Å². The molecule has 0 saturated carbocycles.